The van der Waals surface area contributed by atoms with Crippen LogP contribution >= 0.6 is 0 Å². The van der Waals surface area contributed by atoms with E-state index in [4.69, 9.17) is 0 Å². The summed E-state index contributed by atoms with van der Waals surface area (Å²) in [6.45, 7) is 11.3. The fraction of sp³-hybridized carbons (Fsp3) is 0.750. The Labute approximate surface area is 63.2 Å². The Hall–Kier alpha value is -0.660. The van der Waals surface area contributed by atoms with E-state index in [9.17, 15) is 5.11 Å². The van der Waals surface area contributed by atoms with Gasteiger partial charge in [0.05, 0.1) is 0 Å². The van der Waals surface area contributed by atoms with E-state index in [1.165, 1.54) is 0 Å². The first-order chi connectivity index (χ1) is 4.46. The van der Waals surface area contributed by atoms with E-state index in [0.717, 1.165) is 0 Å². The first-order valence-corrected chi connectivity index (χ1v) is 3.61. The molecule has 0 rings (SSSR count). The van der Waals surface area contributed by atoms with Crippen LogP contribution in [0.1, 0.15) is 27.7 Å². The third-order valence-corrected chi connectivity index (χ3v) is 1.40. The summed E-state index contributed by atoms with van der Waals surface area (Å²) in [4.78, 5) is 1.75. The molecular weight excluding hydrogens is 126 g/mol. The molecule has 0 saturated carbocycles. The highest BCUT2D eigenvalue weighted by molar-refractivity contribution is 4.83. The molecule has 2 nitrogen and oxygen atoms in total. The zero-order chi connectivity index (χ0) is 8.31. The van der Waals surface area contributed by atoms with Gasteiger partial charge in [-0.3, -0.25) is 0 Å². The molecule has 0 spiro atoms. The van der Waals surface area contributed by atoms with Gasteiger partial charge in [0.25, 0.3) is 0 Å². The minimum absolute atomic E-state index is 0.0926. The van der Waals surface area contributed by atoms with Crippen molar-refractivity contribution < 1.29 is 5.11 Å². The second-order valence-electron chi connectivity index (χ2n) is 2.99. The highest BCUT2D eigenvalue weighted by Gasteiger charge is 2.08. The predicted octanol–water partition coefficient (Wildman–Crippen LogP) is 0.937. The molecule has 0 aliphatic heterocycles. The lowest BCUT2D eigenvalue weighted by Crippen LogP contribution is -2.40. The lowest BCUT2D eigenvalue weighted by Gasteiger charge is -2.37. The van der Waals surface area contributed by atoms with Crippen LogP contribution in [-0.4, -0.2) is 17.0 Å². The van der Waals surface area contributed by atoms with Crippen molar-refractivity contribution in [2.45, 2.75) is 39.8 Å². The summed E-state index contributed by atoms with van der Waals surface area (Å²) in [6.07, 6.45) is 0. The quantitative estimate of drug-likeness (QED) is 0.548. The van der Waals surface area contributed by atoms with Gasteiger partial charge in [-0.25, -0.2) is 0 Å². The smallest absolute Gasteiger partial charge is 0.0224 e. The van der Waals surface area contributed by atoms with Gasteiger partial charge in [0.2, 0.25) is 0 Å². The van der Waals surface area contributed by atoms with Gasteiger partial charge in [-0.1, -0.05) is 6.58 Å². The van der Waals surface area contributed by atoms with Crippen LogP contribution < -0.4 is 5.11 Å². The van der Waals surface area contributed by atoms with E-state index in [2.05, 4.69) is 6.58 Å². The molecule has 0 bridgehead atoms. The predicted molar refractivity (Wildman–Crippen MR) is 41.3 cm³/mol. The highest BCUT2D eigenvalue weighted by Crippen LogP contribution is 2.07. The molecule has 0 aliphatic carbocycles. The molecule has 0 aliphatic rings. The average molecular weight is 142 g/mol. The van der Waals surface area contributed by atoms with E-state index in [-0.39, 0.29) is 18.0 Å². The monoisotopic (exact) mass is 142 g/mol. The maximum absolute atomic E-state index is 10.8. The zero-order valence-corrected chi connectivity index (χ0v) is 7.22. The highest BCUT2D eigenvalue weighted by atomic mass is 16.3. The van der Waals surface area contributed by atoms with Crippen molar-refractivity contribution in [2.24, 2.45) is 0 Å². The van der Waals surface area contributed by atoms with Crippen LogP contribution in [0.3, 0.4) is 0 Å². The number of hydrogen-bond acceptors (Lipinski definition) is 2. The lowest BCUT2D eigenvalue weighted by molar-refractivity contribution is -0.336. The molecular formula is C8H16NO-. The van der Waals surface area contributed by atoms with Crippen molar-refractivity contribution in [2.75, 3.05) is 0 Å². The van der Waals surface area contributed by atoms with E-state index >= 15 is 0 Å². The standard InChI is InChI=1S/C8H17NO/c1-6(2)9(7(3)4)8(5)10/h6-7,10H,5H2,1-4H3/p-1. The van der Waals surface area contributed by atoms with Crippen LogP contribution in [0.25, 0.3) is 0 Å². The topological polar surface area (TPSA) is 26.3 Å². The zero-order valence-electron chi connectivity index (χ0n) is 7.22. The third kappa shape index (κ3) is 2.29. The van der Waals surface area contributed by atoms with Crippen LogP contribution in [0.4, 0.5) is 0 Å². The molecule has 60 valence electrons. The number of rotatable bonds is 3. The van der Waals surface area contributed by atoms with Gasteiger partial charge in [-0.15, -0.1) is 0 Å². The molecule has 0 atom stereocenters. The maximum atomic E-state index is 10.8. The van der Waals surface area contributed by atoms with Gasteiger partial charge in [-0.05, 0) is 33.6 Å². The fourth-order valence-electron chi connectivity index (χ4n) is 1.17. The van der Waals surface area contributed by atoms with Gasteiger partial charge in [-0.2, -0.15) is 0 Å². The fourth-order valence-corrected chi connectivity index (χ4v) is 1.17. The second kappa shape index (κ2) is 3.49. The van der Waals surface area contributed by atoms with Crippen molar-refractivity contribution in [1.82, 2.24) is 4.90 Å². The van der Waals surface area contributed by atoms with Gasteiger partial charge in [0.1, 0.15) is 0 Å². The largest absolute Gasteiger partial charge is 0.861 e. The van der Waals surface area contributed by atoms with Crippen molar-refractivity contribution in [3.63, 3.8) is 0 Å². The molecule has 0 aromatic carbocycles. The van der Waals surface area contributed by atoms with Crippen LogP contribution in [0, 0.1) is 0 Å². The molecule has 0 saturated heterocycles. The van der Waals surface area contributed by atoms with Gasteiger partial charge in [0.15, 0.2) is 0 Å². The minimum Gasteiger partial charge on any atom is -0.861 e. The van der Waals surface area contributed by atoms with Crippen LogP contribution in [0.2, 0.25) is 0 Å². The summed E-state index contributed by atoms with van der Waals surface area (Å²) >= 11 is 0. The molecule has 0 aromatic heterocycles. The lowest BCUT2D eigenvalue weighted by atomic mass is 10.2. The molecule has 0 unspecified atom stereocenters. The maximum Gasteiger partial charge on any atom is 0.0224 e. The summed E-state index contributed by atoms with van der Waals surface area (Å²) in [5.74, 6) is -0.0926. The number of hydrogen-bond donors (Lipinski definition) is 0. The SMILES string of the molecule is C=C([O-])N(C(C)C)C(C)C. The molecule has 2 heteroatoms. The van der Waals surface area contributed by atoms with E-state index in [1.54, 1.807) is 4.90 Å². The summed E-state index contributed by atoms with van der Waals surface area (Å²) in [6, 6.07) is 0.509. The summed E-state index contributed by atoms with van der Waals surface area (Å²) < 4.78 is 0. The molecule has 0 aromatic rings. The minimum atomic E-state index is -0.0926. The van der Waals surface area contributed by atoms with Gasteiger partial charge >= 0.3 is 0 Å². The third-order valence-electron chi connectivity index (χ3n) is 1.40. The first-order valence-electron chi connectivity index (χ1n) is 3.61. The molecule has 10 heavy (non-hydrogen) atoms. The first kappa shape index (κ1) is 9.34. The molecule has 0 N–H and O–H groups in total. The summed E-state index contributed by atoms with van der Waals surface area (Å²) in [5.41, 5.74) is 0. The Bertz CT molecular complexity index is 110. The van der Waals surface area contributed by atoms with E-state index in [0.29, 0.717) is 0 Å². The van der Waals surface area contributed by atoms with Gasteiger partial charge in [0, 0.05) is 12.1 Å². The average Bonchev–Trinajstić information content (AvgIpc) is 1.59. The van der Waals surface area contributed by atoms with E-state index in [1.807, 2.05) is 27.7 Å². The van der Waals surface area contributed by atoms with Crippen LogP contribution in [0.15, 0.2) is 12.5 Å². The van der Waals surface area contributed by atoms with Crippen molar-refractivity contribution in [1.29, 1.82) is 0 Å². The molecule has 0 fully saturated rings. The van der Waals surface area contributed by atoms with Crippen molar-refractivity contribution in [3.05, 3.63) is 12.5 Å². The molecule has 0 amide bonds. The Morgan fingerprint density at radius 1 is 1.20 bits per heavy atom. The normalized spacial score (nSPS) is 10.6. The molecule has 0 heterocycles. The summed E-state index contributed by atoms with van der Waals surface area (Å²) in [5, 5.41) is 10.8. The second-order valence-corrected chi connectivity index (χ2v) is 2.99. The Morgan fingerprint density at radius 3 is 1.50 bits per heavy atom. The Morgan fingerprint density at radius 2 is 1.50 bits per heavy atom. The van der Waals surface area contributed by atoms with Crippen LogP contribution in [-0.2, 0) is 0 Å². The summed E-state index contributed by atoms with van der Waals surface area (Å²) in [7, 11) is 0. The number of nitrogens with zero attached hydrogens (tertiary/aromatic N) is 1. The van der Waals surface area contributed by atoms with Crippen molar-refractivity contribution >= 4 is 0 Å². The Kier molecular flexibility index (Phi) is 3.26. The van der Waals surface area contributed by atoms with Gasteiger partial charge < -0.3 is 10.0 Å². The van der Waals surface area contributed by atoms with Crippen molar-refractivity contribution in [3.8, 4) is 0 Å². The molecule has 0 radical (unpaired) electrons. The van der Waals surface area contributed by atoms with E-state index < -0.39 is 0 Å². The Balaban J connectivity index is 4.12. The van der Waals surface area contributed by atoms with Crippen LogP contribution in [0.5, 0.6) is 0 Å².